The highest BCUT2D eigenvalue weighted by atomic mass is 16.6. The molecule has 2 fully saturated rings. The number of allylic oxidation sites excluding steroid dienone is 2. The number of benzene rings is 1. The third kappa shape index (κ3) is 2.49. The summed E-state index contributed by atoms with van der Waals surface area (Å²) in [6.07, 6.45) is 5.80. The maximum Gasteiger partial charge on any atom is 0.292 e. The maximum absolute atomic E-state index is 12.7. The molecule has 1 aliphatic heterocycles. The second-order valence-electron chi connectivity index (χ2n) is 6.93. The number of likely N-dealkylation sites (tertiary alicyclic amines) is 1. The van der Waals surface area contributed by atoms with E-state index in [0.29, 0.717) is 0 Å². The molecule has 1 saturated heterocycles. The Morgan fingerprint density at radius 3 is 2.23 bits per heavy atom. The van der Waals surface area contributed by atoms with Crippen LogP contribution in [0.4, 0.5) is 11.4 Å². The lowest BCUT2D eigenvalue weighted by atomic mass is 9.63. The Morgan fingerprint density at radius 2 is 1.69 bits per heavy atom. The van der Waals surface area contributed by atoms with Crippen LogP contribution in [0, 0.1) is 33.8 Å². The van der Waals surface area contributed by atoms with E-state index in [-0.39, 0.29) is 46.9 Å². The highest BCUT2D eigenvalue weighted by molar-refractivity contribution is 6.09. The fourth-order valence-corrected chi connectivity index (χ4v) is 4.36. The van der Waals surface area contributed by atoms with Gasteiger partial charge >= 0.3 is 0 Å². The van der Waals surface area contributed by atoms with Crippen LogP contribution in [-0.4, -0.2) is 34.1 Å². The minimum Gasteiger partial charge on any atom is -0.319 e. The summed E-state index contributed by atoms with van der Waals surface area (Å²) in [5, 5.41) is 13.5. The van der Waals surface area contributed by atoms with E-state index in [1.807, 2.05) is 12.2 Å². The second kappa shape index (κ2) is 6.05. The first kappa shape index (κ1) is 16.4. The predicted molar refractivity (Wildman–Crippen MR) is 90.8 cm³/mol. The third-order valence-corrected chi connectivity index (χ3v) is 5.53. The molecular weight excluding hydrogens is 338 g/mol. The van der Waals surface area contributed by atoms with Crippen molar-refractivity contribution in [2.24, 2.45) is 23.7 Å². The van der Waals surface area contributed by atoms with E-state index < -0.39 is 17.4 Å². The van der Waals surface area contributed by atoms with Gasteiger partial charge in [0.1, 0.15) is 12.2 Å². The van der Waals surface area contributed by atoms with Gasteiger partial charge in [-0.3, -0.25) is 29.4 Å². The number of fused-ring (bicyclic) bond motifs is 1. The van der Waals surface area contributed by atoms with Crippen molar-refractivity contribution in [3.05, 3.63) is 46.5 Å². The molecule has 134 valence electrons. The Bertz CT molecular complexity index is 817. The van der Waals surface area contributed by atoms with Crippen molar-refractivity contribution in [2.75, 3.05) is 11.9 Å². The van der Waals surface area contributed by atoms with E-state index in [0.717, 1.165) is 17.7 Å². The average molecular weight is 355 g/mol. The molecule has 26 heavy (non-hydrogen) atoms. The number of nitrogens with one attached hydrogen (secondary N) is 1. The number of amides is 3. The quantitative estimate of drug-likeness (QED) is 0.383. The number of imide groups is 1. The standard InChI is InChI=1S/C18H17N3O5/c22-14(19-12-3-1-2-4-13(12)21(25)26)9-20-17(23)15-10-5-6-11(8-7-10)16(15)18(20)24/h1-6,10-11,15-16H,7-9H2,(H,19,22)/t10-,11-,15+,16+/m0/s1. The van der Waals surface area contributed by atoms with Gasteiger partial charge in [0.15, 0.2) is 0 Å². The van der Waals surface area contributed by atoms with Crippen LogP contribution in [-0.2, 0) is 14.4 Å². The molecule has 3 aliphatic carbocycles. The van der Waals surface area contributed by atoms with Crippen molar-refractivity contribution in [1.82, 2.24) is 4.90 Å². The Kier molecular flexibility index (Phi) is 3.82. The Balaban J connectivity index is 1.50. The number of nitro benzene ring substituents is 1. The number of carbonyl (C=O) groups is 3. The van der Waals surface area contributed by atoms with Crippen LogP contribution in [0.2, 0.25) is 0 Å². The first-order valence-corrected chi connectivity index (χ1v) is 8.54. The van der Waals surface area contributed by atoms with Gasteiger partial charge < -0.3 is 5.32 Å². The fraction of sp³-hybridized carbons (Fsp3) is 0.389. The van der Waals surface area contributed by atoms with Crippen molar-refractivity contribution in [2.45, 2.75) is 12.8 Å². The molecule has 0 radical (unpaired) electrons. The number of hydrogen-bond acceptors (Lipinski definition) is 5. The van der Waals surface area contributed by atoms with Crippen molar-refractivity contribution in [3.8, 4) is 0 Å². The van der Waals surface area contributed by atoms with Gasteiger partial charge in [0.05, 0.1) is 16.8 Å². The minimum atomic E-state index is -0.625. The Morgan fingerprint density at radius 1 is 1.12 bits per heavy atom. The molecule has 1 heterocycles. The SMILES string of the molecule is O=C(CN1C(=O)[C@H]2[C@H](C1=O)[C@H]1C=C[C@H]2CC1)Nc1ccccc1[N+](=O)[O-]. The molecule has 0 aromatic heterocycles. The molecule has 0 unspecified atom stereocenters. The second-order valence-corrected chi connectivity index (χ2v) is 6.93. The number of nitro groups is 1. The summed E-state index contributed by atoms with van der Waals surface area (Å²) in [6, 6.07) is 5.74. The molecule has 1 aromatic rings. The lowest BCUT2D eigenvalue weighted by Gasteiger charge is -2.38. The number of para-hydroxylation sites is 2. The lowest BCUT2D eigenvalue weighted by molar-refractivity contribution is -0.383. The van der Waals surface area contributed by atoms with Gasteiger partial charge in [-0.15, -0.1) is 0 Å². The van der Waals surface area contributed by atoms with Gasteiger partial charge in [-0.1, -0.05) is 24.3 Å². The minimum absolute atomic E-state index is 0.0424. The van der Waals surface area contributed by atoms with Gasteiger partial charge in [0, 0.05) is 6.07 Å². The lowest BCUT2D eigenvalue weighted by Crippen LogP contribution is -2.38. The highest BCUT2D eigenvalue weighted by Crippen LogP contribution is 2.49. The van der Waals surface area contributed by atoms with E-state index in [2.05, 4.69) is 5.32 Å². The van der Waals surface area contributed by atoms with E-state index in [9.17, 15) is 24.5 Å². The number of rotatable bonds is 4. The third-order valence-electron chi connectivity index (χ3n) is 5.53. The summed E-state index contributed by atoms with van der Waals surface area (Å²) >= 11 is 0. The topological polar surface area (TPSA) is 110 Å². The fourth-order valence-electron chi connectivity index (χ4n) is 4.36. The first-order chi connectivity index (χ1) is 12.5. The molecule has 1 aromatic carbocycles. The van der Waals surface area contributed by atoms with Crippen LogP contribution in [0.15, 0.2) is 36.4 Å². The number of nitrogens with zero attached hydrogens (tertiary/aromatic N) is 2. The zero-order chi connectivity index (χ0) is 18.4. The molecule has 4 aliphatic rings. The molecular formula is C18H17N3O5. The maximum atomic E-state index is 12.7. The Labute approximate surface area is 149 Å². The Hall–Kier alpha value is -3.03. The normalized spacial score (nSPS) is 29.0. The van der Waals surface area contributed by atoms with Crippen molar-refractivity contribution in [1.29, 1.82) is 0 Å². The highest BCUT2D eigenvalue weighted by Gasteiger charge is 2.56. The molecule has 4 atom stereocenters. The van der Waals surface area contributed by atoms with Crippen molar-refractivity contribution >= 4 is 29.1 Å². The van der Waals surface area contributed by atoms with Gasteiger partial charge in [-0.05, 0) is 30.7 Å². The van der Waals surface area contributed by atoms with E-state index in [1.165, 1.54) is 18.2 Å². The van der Waals surface area contributed by atoms with Crippen LogP contribution in [0.5, 0.6) is 0 Å². The largest absolute Gasteiger partial charge is 0.319 e. The van der Waals surface area contributed by atoms with Gasteiger partial charge in [0.25, 0.3) is 5.69 Å². The molecule has 3 amide bonds. The molecule has 1 saturated carbocycles. The van der Waals surface area contributed by atoms with Crippen molar-refractivity contribution in [3.63, 3.8) is 0 Å². The molecule has 8 nitrogen and oxygen atoms in total. The summed E-state index contributed by atoms with van der Waals surface area (Å²) in [5.74, 6) is -1.86. The van der Waals surface area contributed by atoms with Gasteiger partial charge in [-0.2, -0.15) is 0 Å². The smallest absolute Gasteiger partial charge is 0.292 e. The summed E-state index contributed by atoms with van der Waals surface area (Å²) in [4.78, 5) is 49.1. The van der Waals surface area contributed by atoms with E-state index in [4.69, 9.17) is 0 Å². The van der Waals surface area contributed by atoms with E-state index >= 15 is 0 Å². The summed E-state index contributed by atoms with van der Waals surface area (Å²) < 4.78 is 0. The predicted octanol–water partition coefficient (Wildman–Crippen LogP) is 1.73. The zero-order valence-corrected chi connectivity index (χ0v) is 13.8. The molecule has 1 N–H and O–H groups in total. The average Bonchev–Trinajstić information content (AvgIpc) is 2.90. The molecule has 2 bridgehead atoms. The van der Waals surface area contributed by atoms with Crippen LogP contribution in [0.1, 0.15) is 12.8 Å². The molecule has 5 rings (SSSR count). The monoisotopic (exact) mass is 355 g/mol. The van der Waals surface area contributed by atoms with Gasteiger partial charge in [0.2, 0.25) is 17.7 Å². The summed E-state index contributed by atoms with van der Waals surface area (Å²) in [7, 11) is 0. The molecule has 8 heteroatoms. The molecule has 0 spiro atoms. The summed E-state index contributed by atoms with van der Waals surface area (Å²) in [5.41, 5.74) is -0.198. The summed E-state index contributed by atoms with van der Waals surface area (Å²) in [6.45, 7) is -0.420. The van der Waals surface area contributed by atoms with Crippen molar-refractivity contribution < 1.29 is 19.3 Å². The first-order valence-electron chi connectivity index (χ1n) is 8.54. The van der Waals surface area contributed by atoms with Crippen LogP contribution in [0.3, 0.4) is 0 Å². The zero-order valence-electron chi connectivity index (χ0n) is 13.8. The number of carbonyl (C=O) groups excluding carboxylic acids is 3. The van der Waals surface area contributed by atoms with Crippen LogP contribution in [0.25, 0.3) is 0 Å². The number of hydrogen-bond donors (Lipinski definition) is 1. The van der Waals surface area contributed by atoms with Crippen LogP contribution >= 0.6 is 0 Å². The van der Waals surface area contributed by atoms with Gasteiger partial charge in [-0.25, -0.2) is 0 Å². The number of anilines is 1. The van der Waals surface area contributed by atoms with E-state index in [1.54, 1.807) is 6.07 Å². The van der Waals surface area contributed by atoms with Crippen LogP contribution < -0.4 is 5.32 Å².